The molecule has 182 valence electrons. The zero-order chi connectivity index (χ0) is 23.6. The molecule has 0 bridgehead atoms. The molecule has 4 heterocycles. The Kier molecular flexibility index (Phi) is 5.58. The molecule has 3 aromatic heterocycles. The predicted octanol–water partition coefficient (Wildman–Crippen LogP) is 4.19. The van der Waals surface area contributed by atoms with E-state index in [-0.39, 0.29) is 55.6 Å². The lowest BCUT2D eigenvalue weighted by Gasteiger charge is -2.27. The van der Waals surface area contributed by atoms with E-state index in [1.165, 1.54) is 0 Å². The highest BCUT2D eigenvalue weighted by atomic mass is 35.5. The van der Waals surface area contributed by atoms with Crippen LogP contribution in [-0.4, -0.2) is 42.9 Å². The van der Waals surface area contributed by atoms with Crippen LogP contribution in [0.1, 0.15) is 58.9 Å². The summed E-state index contributed by atoms with van der Waals surface area (Å²) in [5.41, 5.74) is 3.00. The molecule has 0 spiro atoms. The van der Waals surface area contributed by atoms with Gasteiger partial charge in [-0.1, -0.05) is 6.07 Å². The SMILES string of the molecule is Cc1cc2c(cc1C(=O)N1CCc3cccnc31)[nH]c(=O)c1nnc(C3CCC(F)(F)CC3)n12.Cl. The quantitative estimate of drug-likeness (QED) is 0.445. The summed E-state index contributed by atoms with van der Waals surface area (Å²) in [5.74, 6) is -1.89. The van der Waals surface area contributed by atoms with Crippen LogP contribution in [0.2, 0.25) is 0 Å². The highest BCUT2D eigenvalue weighted by Crippen LogP contribution is 2.40. The van der Waals surface area contributed by atoms with E-state index in [9.17, 15) is 18.4 Å². The Morgan fingerprint density at radius 1 is 1.20 bits per heavy atom. The fraction of sp³-hybridized carbons (Fsp3) is 0.375. The number of hydrogen-bond donors (Lipinski definition) is 1. The van der Waals surface area contributed by atoms with Gasteiger partial charge in [0.25, 0.3) is 11.5 Å². The number of pyridine rings is 1. The summed E-state index contributed by atoms with van der Waals surface area (Å²) < 4.78 is 29.1. The number of anilines is 1. The highest BCUT2D eigenvalue weighted by Gasteiger charge is 2.37. The molecule has 1 N–H and O–H groups in total. The third-order valence-electron chi connectivity index (χ3n) is 7.01. The molecule has 2 aliphatic rings. The lowest BCUT2D eigenvalue weighted by molar-refractivity contribution is -0.0388. The second-order valence-electron chi connectivity index (χ2n) is 9.18. The van der Waals surface area contributed by atoms with E-state index < -0.39 is 11.5 Å². The summed E-state index contributed by atoms with van der Waals surface area (Å²) >= 11 is 0. The first-order chi connectivity index (χ1) is 16.3. The Hall–Kier alpha value is -3.40. The number of nitrogens with zero attached hydrogens (tertiary/aromatic N) is 5. The molecule has 1 aliphatic carbocycles. The first-order valence-electron chi connectivity index (χ1n) is 11.4. The van der Waals surface area contributed by atoms with Crippen molar-refractivity contribution in [1.29, 1.82) is 0 Å². The molecule has 1 amide bonds. The molecular formula is C24H23ClF2N6O2. The van der Waals surface area contributed by atoms with Crippen LogP contribution < -0.4 is 10.5 Å². The molecule has 0 atom stereocenters. The molecule has 8 nitrogen and oxygen atoms in total. The third kappa shape index (κ3) is 3.76. The maximum atomic E-state index is 13.7. The average molecular weight is 501 g/mol. The monoisotopic (exact) mass is 500 g/mol. The van der Waals surface area contributed by atoms with Crippen LogP contribution in [0.5, 0.6) is 0 Å². The van der Waals surface area contributed by atoms with Crippen LogP contribution in [-0.2, 0) is 6.42 Å². The van der Waals surface area contributed by atoms with Crippen LogP contribution in [0.25, 0.3) is 16.7 Å². The maximum absolute atomic E-state index is 13.7. The smallest absolute Gasteiger partial charge is 0.294 e. The van der Waals surface area contributed by atoms with Gasteiger partial charge in [0.15, 0.2) is 0 Å². The first kappa shape index (κ1) is 23.3. The van der Waals surface area contributed by atoms with E-state index in [1.807, 2.05) is 25.1 Å². The minimum absolute atomic E-state index is 0. The van der Waals surface area contributed by atoms with Gasteiger partial charge >= 0.3 is 0 Å². The second-order valence-corrected chi connectivity index (χ2v) is 9.18. The predicted molar refractivity (Wildman–Crippen MR) is 129 cm³/mol. The Balaban J connectivity index is 0.00000253. The lowest BCUT2D eigenvalue weighted by atomic mass is 9.86. The zero-order valence-corrected chi connectivity index (χ0v) is 19.7. The summed E-state index contributed by atoms with van der Waals surface area (Å²) in [6.07, 6.45) is 2.54. The number of aromatic nitrogens is 5. The topological polar surface area (TPSA) is 96.2 Å². The van der Waals surface area contributed by atoms with E-state index in [4.69, 9.17) is 0 Å². The number of halogens is 3. The average Bonchev–Trinajstić information content (AvgIpc) is 3.44. The lowest BCUT2D eigenvalue weighted by Crippen LogP contribution is -2.30. The van der Waals surface area contributed by atoms with Gasteiger partial charge in [-0.05, 0) is 55.5 Å². The number of H-pyrrole nitrogens is 1. The minimum atomic E-state index is -2.66. The van der Waals surface area contributed by atoms with Gasteiger partial charge in [0, 0.05) is 37.1 Å². The Morgan fingerprint density at radius 2 is 1.97 bits per heavy atom. The number of hydrogen-bond acceptors (Lipinski definition) is 5. The molecule has 4 aromatic rings. The molecule has 0 radical (unpaired) electrons. The minimum Gasteiger partial charge on any atom is -0.317 e. The van der Waals surface area contributed by atoms with Crippen LogP contribution >= 0.6 is 12.4 Å². The number of fused-ring (bicyclic) bond motifs is 4. The zero-order valence-electron chi connectivity index (χ0n) is 18.9. The number of benzene rings is 1. The number of amides is 1. The van der Waals surface area contributed by atoms with Crippen molar-refractivity contribution in [1.82, 2.24) is 24.6 Å². The van der Waals surface area contributed by atoms with Gasteiger partial charge in [-0.15, -0.1) is 22.6 Å². The van der Waals surface area contributed by atoms with Gasteiger partial charge in [0.1, 0.15) is 11.6 Å². The molecule has 11 heteroatoms. The number of carbonyl (C=O) groups excluding carboxylic acids is 1. The van der Waals surface area contributed by atoms with E-state index in [1.54, 1.807) is 21.6 Å². The Bertz CT molecular complexity index is 1520. The van der Waals surface area contributed by atoms with Crippen LogP contribution in [0.4, 0.5) is 14.6 Å². The molecule has 6 rings (SSSR count). The van der Waals surface area contributed by atoms with Crippen molar-refractivity contribution >= 4 is 40.8 Å². The second kappa shape index (κ2) is 8.37. The maximum Gasteiger partial charge on any atom is 0.294 e. The summed E-state index contributed by atoms with van der Waals surface area (Å²) in [4.78, 5) is 35.1. The van der Waals surface area contributed by atoms with Crippen molar-refractivity contribution in [2.45, 2.75) is 50.9 Å². The number of aromatic amines is 1. The molecule has 35 heavy (non-hydrogen) atoms. The fourth-order valence-corrected chi connectivity index (χ4v) is 5.18. The molecule has 0 saturated heterocycles. The van der Waals surface area contributed by atoms with Gasteiger partial charge < -0.3 is 4.98 Å². The van der Waals surface area contributed by atoms with Crippen molar-refractivity contribution in [3.8, 4) is 0 Å². The van der Waals surface area contributed by atoms with Gasteiger partial charge in [-0.3, -0.25) is 18.9 Å². The Morgan fingerprint density at radius 3 is 2.74 bits per heavy atom. The first-order valence-corrected chi connectivity index (χ1v) is 11.4. The molecule has 1 aliphatic heterocycles. The fourth-order valence-electron chi connectivity index (χ4n) is 5.18. The summed E-state index contributed by atoms with van der Waals surface area (Å²) in [5, 5.41) is 8.27. The molecular weight excluding hydrogens is 478 g/mol. The summed E-state index contributed by atoms with van der Waals surface area (Å²) in [6, 6.07) is 7.32. The van der Waals surface area contributed by atoms with E-state index in [0.29, 0.717) is 34.8 Å². The summed E-state index contributed by atoms with van der Waals surface area (Å²) in [7, 11) is 0. The van der Waals surface area contributed by atoms with E-state index in [0.717, 1.165) is 17.5 Å². The van der Waals surface area contributed by atoms with Crippen molar-refractivity contribution in [2.24, 2.45) is 0 Å². The highest BCUT2D eigenvalue weighted by molar-refractivity contribution is 6.09. The van der Waals surface area contributed by atoms with E-state index >= 15 is 0 Å². The summed E-state index contributed by atoms with van der Waals surface area (Å²) in [6.45, 7) is 2.38. The third-order valence-corrected chi connectivity index (χ3v) is 7.01. The normalized spacial score (nSPS) is 17.5. The molecule has 1 fully saturated rings. The molecule has 0 unspecified atom stereocenters. The van der Waals surface area contributed by atoms with Gasteiger partial charge in [-0.2, -0.15) is 0 Å². The number of carbonyl (C=O) groups is 1. The molecule has 1 saturated carbocycles. The number of nitrogens with one attached hydrogen (secondary N) is 1. The number of rotatable bonds is 2. The standard InChI is InChI=1S/C24H22F2N6O2.ClH/c1-13-11-18-17(12-16(13)23(34)31-10-6-14-3-2-9-27-19(14)31)28-22(33)21-30-29-20(32(18)21)15-4-7-24(25,26)8-5-15;/h2-3,9,11-12,15H,4-8,10H2,1H3,(H,28,33);1H. The number of aryl methyl sites for hydroxylation is 1. The van der Waals surface area contributed by atoms with Crippen LogP contribution in [0, 0.1) is 6.92 Å². The largest absolute Gasteiger partial charge is 0.317 e. The van der Waals surface area contributed by atoms with Crippen molar-refractivity contribution in [3.63, 3.8) is 0 Å². The Labute approximate surface area is 204 Å². The van der Waals surface area contributed by atoms with Gasteiger partial charge in [0.05, 0.1) is 11.0 Å². The molecule has 1 aromatic carbocycles. The van der Waals surface area contributed by atoms with Crippen LogP contribution in [0.3, 0.4) is 0 Å². The van der Waals surface area contributed by atoms with Crippen molar-refractivity contribution < 1.29 is 13.6 Å². The van der Waals surface area contributed by atoms with Gasteiger partial charge in [0.2, 0.25) is 11.6 Å². The van der Waals surface area contributed by atoms with E-state index in [2.05, 4.69) is 20.2 Å². The number of alkyl halides is 2. The van der Waals surface area contributed by atoms with Crippen molar-refractivity contribution in [3.05, 3.63) is 63.3 Å². The van der Waals surface area contributed by atoms with Gasteiger partial charge in [-0.25, -0.2) is 13.8 Å². The van der Waals surface area contributed by atoms with Crippen molar-refractivity contribution in [2.75, 3.05) is 11.4 Å². The van der Waals surface area contributed by atoms with Crippen LogP contribution in [0.15, 0.2) is 35.3 Å².